The molecule has 2 heterocycles. The van der Waals surface area contributed by atoms with Gasteiger partial charge in [0.15, 0.2) is 11.5 Å². The number of aromatic nitrogens is 1. The number of methoxy groups -OCH3 is 2. The normalized spacial score (nSPS) is 12.8. The summed E-state index contributed by atoms with van der Waals surface area (Å²) in [5.74, 6) is 0.731. The summed E-state index contributed by atoms with van der Waals surface area (Å²) in [4.78, 5) is 26.6. The summed E-state index contributed by atoms with van der Waals surface area (Å²) in [6.45, 7) is 0.543. The number of amides is 2. The van der Waals surface area contributed by atoms with Gasteiger partial charge in [0.05, 0.1) is 32.1 Å². The zero-order valence-electron chi connectivity index (χ0n) is 18.7. The minimum absolute atomic E-state index is 0.183. The Morgan fingerprint density at radius 2 is 1.82 bits per heavy atom. The Morgan fingerprint density at radius 1 is 1.09 bits per heavy atom. The summed E-state index contributed by atoms with van der Waals surface area (Å²) < 4.78 is 12.7. The van der Waals surface area contributed by atoms with Crippen LogP contribution >= 0.6 is 0 Å². The van der Waals surface area contributed by atoms with Crippen LogP contribution in [-0.4, -0.2) is 47.3 Å². The van der Waals surface area contributed by atoms with E-state index in [1.165, 1.54) is 4.90 Å². The maximum Gasteiger partial charge on any atom is 0.407 e. The minimum Gasteiger partial charge on any atom is -0.493 e. The molecule has 3 aromatic rings. The van der Waals surface area contributed by atoms with Gasteiger partial charge < -0.3 is 35.1 Å². The van der Waals surface area contributed by atoms with Crippen molar-refractivity contribution in [2.24, 2.45) is 7.05 Å². The van der Waals surface area contributed by atoms with Crippen molar-refractivity contribution in [3.8, 4) is 22.6 Å². The molecule has 0 atom stereocenters. The molecule has 0 bridgehead atoms. The number of rotatable bonds is 5. The number of benzene rings is 2. The predicted molar refractivity (Wildman–Crippen MR) is 125 cm³/mol. The van der Waals surface area contributed by atoms with Gasteiger partial charge in [0.25, 0.3) is 5.91 Å². The monoisotopic (exact) mass is 450 g/mol. The molecule has 9 heteroatoms. The number of nitrogen functional groups attached to an aromatic ring is 1. The van der Waals surface area contributed by atoms with E-state index in [-0.39, 0.29) is 12.5 Å². The van der Waals surface area contributed by atoms with E-state index in [0.29, 0.717) is 47.1 Å². The number of fused-ring (bicyclic) bond motifs is 1. The first kappa shape index (κ1) is 22.1. The fourth-order valence-corrected chi connectivity index (χ4v) is 4.32. The van der Waals surface area contributed by atoms with Crippen molar-refractivity contribution in [1.82, 2.24) is 9.47 Å². The molecule has 4 rings (SSSR count). The van der Waals surface area contributed by atoms with Crippen LogP contribution in [-0.2, 0) is 20.0 Å². The molecular formula is C24H26N4O5. The fourth-order valence-electron chi connectivity index (χ4n) is 4.32. The van der Waals surface area contributed by atoms with Crippen LogP contribution in [0.25, 0.3) is 11.1 Å². The van der Waals surface area contributed by atoms with Crippen LogP contribution in [0.2, 0.25) is 0 Å². The van der Waals surface area contributed by atoms with Crippen LogP contribution in [0.15, 0.2) is 42.5 Å². The summed E-state index contributed by atoms with van der Waals surface area (Å²) in [7, 11) is 4.92. The van der Waals surface area contributed by atoms with Crippen LogP contribution in [0.5, 0.6) is 11.5 Å². The number of ether oxygens (including phenoxy) is 2. The van der Waals surface area contributed by atoms with Gasteiger partial charge in [0.1, 0.15) is 5.69 Å². The van der Waals surface area contributed by atoms with E-state index in [1.54, 1.807) is 50.6 Å². The number of carbonyl (C=O) groups is 2. The van der Waals surface area contributed by atoms with E-state index in [4.69, 9.17) is 15.2 Å². The number of anilines is 2. The number of nitrogens with zero attached hydrogens (tertiary/aromatic N) is 2. The van der Waals surface area contributed by atoms with Crippen molar-refractivity contribution in [2.75, 3.05) is 31.8 Å². The van der Waals surface area contributed by atoms with E-state index >= 15 is 0 Å². The number of para-hydroxylation sites is 2. The van der Waals surface area contributed by atoms with E-state index < -0.39 is 6.09 Å². The average Bonchev–Trinajstić information content (AvgIpc) is 3.11. The molecule has 2 aromatic carbocycles. The largest absolute Gasteiger partial charge is 0.493 e. The highest BCUT2D eigenvalue weighted by Gasteiger charge is 2.32. The van der Waals surface area contributed by atoms with E-state index in [2.05, 4.69) is 5.32 Å². The van der Waals surface area contributed by atoms with Gasteiger partial charge in [0, 0.05) is 36.8 Å². The van der Waals surface area contributed by atoms with Crippen molar-refractivity contribution in [1.29, 1.82) is 0 Å². The Labute approximate surface area is 191 Å². The second-order valence-electron chi connectivity index (χ2n) is 7.77. The van der Waals surface area contributed by atoms with Crippen molar-refractivity contribution in [3.63, 3.8) is 0 Å². The van der Waals surface area contributed by atoms with Crippen molar-refractivity contribution in [3.05, 3.63) is 59.4 Å². The van der Waals surface area contributed by atoms with Crippen LogP contribution in [0, 0.1) is 0 Å². The van der Waals surface area contributed by atoms with Crippen LogP contribution in [0.3, 0.4) is 0 Å². The van der Waals surface area contributed by atoms with Crippen molar-refractivity contribution < 1.29 is 24.2 Å². The Hall–Kier alpha value is -4.14. The Balaban J connectivity index is 1.89. The third-order valence-corrected chi connectivity index (χ3v) is 5.96. The molecule has 1 aliphatic heterocycles. The first-order chi connectivity index (χ1) is 15.8. The number of nitrogens with two attached hydrogens (primary N) is 1. The van der Waals surface area contributed by atoms with Gasteiger partial charge in [-0.15, -0.1) is 0 Å². The first-order valence-electron chi connectivity index (χ1n) is 10.4. The number of carbonyl (C=O) groups excluding carboxylic acids is 1. The molecule has 1 aliphatic rings. The third-order valence-electron chi connectivity index (χ3n) is 5.96. The van der Waals surface area contributed by atoms with E-state index in [1.807, 2.05) is 17.7 Å². The van der Waals surface area contributed by atoms with Crippen molar-refractivity contribution in [2.45, 2.75) is 13.0 Å². The van der Waals surface area contributed by atoms with Gasteiger partial charge in [-0.25, -0.2) is 4.79 Å². The summed E-state index contributed by atoms with van der Waals surface area (Å²) in [6, 6.07) is 12.4. The molecule has 0 aliphatic carbocycles. The Kier molecular flexibility index (Phi) is 5.87. The van der Waals surface area contributed by atoms with Crippen LogP contribution < -0.4 is 20.5 Å². The lowest BCUT2D eigenvalue weighted by Gasteiger charge is -2.25. The lowest BCUT2D eigenvalue weighted by molar-refractivity contribution is 0.101. The first-order valence-corrected chi connectivity index (χ1v) is 10.4. The number of hydrogen-bond acceptors (Lipinski definition) is 5. The number of nitrogens with one attached hydrogen (secondary N) is 1. The standard InChI is InChI=1S/C24H26N4O5/c1-27-18-10-11-28(24(30)31)13-15(18)21(14-8-9-19(32-2)20(12-14)33-3)22(27)23(29)26-17-7-5-4-6-16(17)25/h4-9,12H,10-11,13,25H2,1-3H3,(H,26,29)(H,30,31). The molecule has 2 amide bonds. The van der Waals surface area contributed by atoms with Gasteiger partial charge in [-0.2, -0.15) is 0 Å². The summed E-state index contributed by atoms with van der Waals surface area (Å²) in [5, 5.41) is 12.5. The maximum atomic E-state index is 13.5. The van der Waals surface area contributed by atoms with Gasteiger partial charge in [-0.1, -0.05) is 18.2 Å². The minimum atomic E-state index is -0.995. The smallest absolute Gasteiger partial charge is 0.407 e. The molecule has 9 nitrogen and oxygen atoms in total. The highest BCUT2D eigenvalue weighted by atomic mass is 16.5. The average molecular weight is 450 g/mol. The van der Waals surface area contributed by atoms with Crippen LogP contribution in [0.4, 0.5) is 16.2 Å². The summed E-state index contributed by atoms with van der Waals surface area (Å²) in [5.41, 5.74) is 10.5. The summed E-state index contributed by atoms with van der Waals surface area (Å²) >= 11 is 0. The fraction of sp³-hybridized carbons (Fsp3) is 0.250. The molecule has 0 spiro atoms. The zero-order valence-corrected chi connectivity index (χ0v) is 18.7. The number of carboxylic acid groups (broad SMARTS) is 1. The quantitative estimate of drug-likeness (QED) is 0.511. The Morgan fingerprint density at radius 3 is 2.48 bits per heavy atom. The molecule has 0 fully saturated rings. The molecule has 4 N–H and O–H groups in total. The molecule has 0 saturated carbocycles. The molecule has 0 saturated heterocycles. The SMILES string of the molecule is COc1ccc(-c2c3c(n(C)c2C(=O)Nc2ccccc2N)CCN(C(=O)O)C3)cc1OC. The third kappa shape index (κ3) is 3.93. The zero-order chi connectivity index (χ0) is 23.7. The topological polar surface area (TPSA) is 119 Å². The number of hydrogen-bond donors (Lipinski definition) is 3. The molecule has 0 unspecified atom stereocenters. The molecule has 1 aromatic heterocycles. The predicted octanol–water partition coefficient (Wildman–Crippen LogP) is 3.58. The van der Waals surface area contributed by atoms with Gasteiger partial charge >= 0.3 is 6.09 Å². The second-order valence-corrected chi connectivity index (χ2v) is 7.77. The van der Waals surface area contributed by atoms with Crippen molar-refractivity contribution >= 4 is 23.4 Å². The maximum absolute atomic E-state index is 13.5. The highest BCUT2D eigenvalue weighted by Crippen LogP contribution is 2.40. The van der Waals surface area contributed by atoms with Gasteiger partial charge in [-0.05, 0) is 29.8 Å². The second kappa shape index (κ2) is 8.78. The molecule has 33 heavy (non-hydrogen) atoms. The summed E-state index contributed by atoms with van der Waals surface area (Å²) in [6.07, 6.45) is -0.495. The molecule has 0 radical (unpaired) electrons. The van der Waals surface area contributed by atoms with E-state index in [9.17, 15) is 14.7 Å². The van der Waals surface area contributed by atoms with Crippen LogP contribution in [0.1, 0.15) is 21.7 Å². The molecular weight excluding hydrogens is 424 g/mol. The molecule has 172 valence electrons. The van der Waals surface area contributed by atoms with Gasteiger partial charge in [0.2, 0.25) is 0 Å². The lowest BCUT2D eigenvalue weighted by Crippen LogP contribution is -2.35. The Bertz CT molecular complexity index is 1230. The van der Waals surface area contributed by atoms with Gasteiger partial charge in [-0.3, -0.25) is 4.79 Å². The van der Waals surface area contributed by atoms with E-state index in [0.717, 1.165) is 16.8 Å². The highest BCUT2D eigenvalue weighted by molar-refractivity contribution is 6.09. The lowest BCUT2D eigenvalue weighted by atomic mass is 9.96.